The number of carbonyl (C=O) groups is 2. The van der Waals surface area contributed by atoms with Crippen molar-refractivity contribution in [3.63, 3.8) is 0 Å². The molecule has 0 aliphatic rings. The predicted molar refractivity (Wildman–Crippen MR) is 96.8 cm³/mol. The lowest BCUT2D eigenvalue weighted by Gasteiger charge is -2.04. The molecule has 0 atom stereocenters. The molecule has 0 radical (unpaired) electrons. The number of halogens is 1. The summed E-state index contributed by atoms with van der Waals surface area (Å²) in [6.07, 6.45) is 2.68. The molecule has 3 N–H and O–H groups in total. The van der Waals surface area contributed by atoms with E-state index in [-0.39, 0.29) is 17.1 Å². The summed E-state index contributed by atoms with van der Waals surface area (Å²) >= 11 is 0. The van der Waals surface area contributed by atoms with Crippen LogP contribution in [0.15, 0.2) is 65.1 Å². The van der Waals surface area contributed by atoms with Crippen LogP contribution in [-0.4, -0.2) is 22.1 Å². The minimum Gasteiger partial charge on any atom is -0.507 e. The standard InChI is InChI=1S/C20H14FNO5/c21-13-3-1-12(2-4-13)18-9-6-15(27-18)7-10-19(24)22-14-5-8-16(20(25)26)17(23)11-14/h1-11,23H,(H,22,24)(H,25,26)/b10-7+. The van der Waals surface area contributed by atoms with E-state index in [1.165, 1.54) is 36.4 Å². The normalized spacial score (nSPS) is 10.9. The summed E-state index contributed by atoms with van der Waals surface area (Å²) < 4.78 is 18.5. The molecule has 6 nitrogen and oxygen atoms in total. The van der Waals surface area contributed by atoms with Crippen molar-refractivity contribution < 1.29 is 28.6 Å². The molecule has 1 amide bonds. The minimum atomic E-state index is -1.26. The Bertz CT molecular complexity index is 1020. The molecule has 2 aromatic carbocycles. The number of hydrogen-bond donors (Lipinski definition) is 3. The van der Waals surface area contributed by atoms with E-state index in [0.29, 0.717) is 17.1 Å². The number of benzene rings is 2. The van der Waals surface area contributed by atoms with Gasteiger partial charge in [0.25, 0.3) is 0 Å². The van der Waals surface area contributed by atoms with Crippen LogP contribution in [-0.2, 0) is 4.79 Å². The van der Waals surface area contributed by atoms with E-state index in [4.69, 9.17) is 9.52 Å². The molecular formula is C20H14FNO5. The maximum atomic E-state index is 13.0. The number of aromatic carboxylic acids is 1. The van der Waals surface area contributed by atoms with Gasteiger partial charge >= 0.3 is 5.97 Å². The van der Waals surface area contributed by atoms with E-state index in [1.54, 1.807) is 24.3 Å². The molecule has 0 saturated heterocycles. The highest BCUT2D eigenvalue weighted by Gasteiger charge is 2.10. The Labute approximate surface area is 153 Å². The number of nitrogens with one attached hydrogen (secondary N) is 1. The SMILES string of the molecule is O=C(/C=C/c1ccc(-c2ccc(F)cc2)o1)Nc1ccc(C(=O)O)c(O)c1. The predicted octanol–water partition coefficient (Wildman–Crippen LogP) is 4.14. The topological polar surface area (TPSA) is 99.8 Å². The first-order chi connectivity index (χ1) is 12.9. The average molecular weight is 367 g/mol. The number of rotatable bonds is 5. The van der Waals surface area contributed by atoms with Crippen LogP contribution in [0, 0.1) is 5.82 Å². The third kappa shape index (κ3) is 4.40. The minimum absolute atomic E-state index is 0.249. The second-order valence-electron chi connectivity index (χ2n) is 5.57. The Kier molecular flexibility index (Phi) is 5.03. The lowest BCUT2D eigenvalue weighted by Crippen LogP contribution is -2.08. The van der Waals surface area contributed by atoms with Crippen molar-refractivity contribution in [3.8, 4) is 17.1 Å². The molecule has 136 valence electrons. The maximum Gasteiger partial charge on any atom is 0.339 e. The fraction of sp³-hybridized carbons (Fsp3) is 0. The number of carboxylic acids is 1. The fourth-order valence-corrected chi connectivity index (χ4v) is 2.34. The van der Waals surface area contributed by atoms with Gasteiger partial charge in [0, 0.05) is 23.4 Å². The van der Waals surface area contributed by atoms with Crippen molar-refractivity contribution >= 4 is 23.6 Å². The van der Waals surface area contributed by atoms with E-state index in [0.717, 1.165) is 6.07 Å². The summed E-state index contributed by atoms with van der Waals surface area (Å²) in [5, 5.41) is 21.0. The number of hydrogen-bond acceptors (Lipinski definition) is 4. The van der Waals surface area contributed by atoms with Gasteiger partial charge in [0.05, 0.1) is 0 Å². The Morgan fingerprint density at radius 3 is 2.44 bits per heavy atom. The van der Waals surface area contributed by atoms with Gasteiger partial charge in [-0.2, -0.15) is 0 Å². The lowest BCUT2D eigenvalue weighted by molar-refractivity contribution is -0.111. The molecule has 3 aromatic rings. The van der Waals surface area contributed by atoms with E-state index in [1.807, 2.05) is 0 Å². The highest BCUT2D eigenvalue weighted by atomic mass is 19.1. The van der Waals surface area contributed by atoms with Gasteiger partial charge in [-0.05, 0) is 54.6 Å². The van der Waals surface area contributed by atoms with Crippen LogP contribution in [0.5, 0.6) is 5.75 Å². The van der Waals surface area contributed by atoms with Crippen LogP contribution in [0.1, 0.15) is 16.1 Å². The van der Waals surface area contributed by atoms with E-state index in [9.17, 15) is 19.1 Å². The summed E-state index contributed by atoms with van der Waals surface area (Å²) in [7, 11) is 0. The molecule has 0 fully saturated rings. The smallest absolute Gasteiger partial charge is 0.339 e. The van der Waals surface area contributed by atoms with Gasteiger partial charge in [0.1, 0.15) is 28.7 Å². The monoisotopic (exact) mass is 367 g/mol. The molecule has 1 heterocycles. The summed E-state index contributed by atoms with van der Waals surface area (Å²) in [6.45, 7) is 0. The Balaban J connectivity index is 1.66. The third-order valence-electron chi connectivity index (χ3n) is 3.65. The van der Waals surface area contributed by atoms with Crippen LogP contribution in [0.2, 0.25) is 0 Å². The van der Waals surface area contributed by atoms with Crippen molar-refractivity contribution in [2.75, 3.05) is 5.32 Å². The van der Waals surface area contributed by atoms with Gasteiger partial charge in [-0.15, -0.1) is 0 Å². The number of aromatic hydroxyl groups is 1. The molecule has 0 unspecified atom stereocenters. The molecule has 0 aliphatic carbocycles. The van der Waals surface area contributed by atoms with Gasteiger partial charge in [-0.25, -0.2) is 9.18 Å². The summed E-state index contributed by atoms with van der Waals surface area (Å²) in [4.78, 5) is 22.8. The molecule has 7 heteroatoms. The number of phenols is 1. The van der Waals surface area contributed by atoms with E-state index >= 15 is 0 Å². The molecule has 0 bridgehead atoms. The summed E-state index contributed by atoms with van der Waals surface area (Å²) in [5.74, 6) is -1.58. The number of furan rings is 1. The number of carboxylic acid groups (broad SMARTS) is 1. The van der Waals surface area contributed by atoms with Crippen molar-refractivity contribution in [2.45, 2.75) is 0 Å². The highest BCUT2D eigenvalue weighted by molar-refractivity contribution is 6.02. The van der Waals surface area contributed by atoms with Gasteiger partial charge in [-0.3, -0.25) is 4.79 Å². The van der Waals surface area contributed by atoms with Crippen LogP contribution in [0.4, 0.5) is 10.1 Å². The molecule has 0 saturated carbocycles. The second-order valence-corrected chi connectivity index (χ2v) is 5.57. The number of anilines is 1. The summed E-state index contributed by atoms with van der Waals surface area (Å²) in [5.41, 5.74) is 0.695. The zero-order chi connectivity index (χ0) is 19.4. The van der Waals surface area contributed by atoms with E-state index < -0.39 is 17.6 Å². The molecule has 3 rings (SSSR count). The molecule has 27 heavy (non-hydrogen) atoms. The molecular weight excluding hydrogens is 353 g/mol. The Hall–Kier alpha value is -3.87. The third-order valence-corrected chi connectivity index (χ3v) is 3.65. The van der Waals surface area contributed by atoms with Crippen molar-refractivity contribution in [1.29, 1.82) is 0 Å². The number of amides is 1. The zero-order valence-electron chi connectivity index (χ0n) is 13.8. The maximum absolute atomic E-state index is 13.0. The van der Waals surface area contributed by atoms with Crippen LogP contribution < -0.4 is 5.32 Å². The van der Waals surface area contributed by atoms with Gasteiger partial charge in [0.2, 0.25) is 5.91 Å². The average Bonchev–Trinajstić information content (AvgIpc) is 3.09. The molecule has 0 spiro atoms. The van der Waals surface area contributed by atoms with Gasteiger partial charge in [0.15, 0.2) is 0 Å². The molecule has 0 aliphatic heterocycles. The number of carbonyl (C=O) groups excluding carboxylic acids is 1. The first kappa shape index (κ1) is 17.9. The van der Waals surface area contributed by atoms with Crippen LogP contribution in [0.3, 0.4) is 0 Å². The van der Waals surface area contributed by atoms with Gasteiger partial charge < -0.3 is 19.9 Å². The Morgan fingerprint density at radius 1 is 1.04 bits per heavy atom. The first-order valence-corrected chi connectivity index (χ1v) is 7.83. The largest absolute Gasteiger partial charge is 0.507 e. The quantitative estimate of drug-likeness (QED) is 0.589. The van der Waals surface area contributed by atoms with Crippen LogP contribution >= 0.6 is 0 Å². The zero-order valence-corrected chi connectivity index (χ0v) is 13.8. The van der Waals surface area contributed by atoms with Crippen LogP contribution in [0.25, 0.3) is 17.4 Å². The van der Waals surface area contributed by atoms with Crippen molar-refractivity contribution in [2.24, 2.45) is 0 Å². The lowest BCUT2D eigenvalue weighted by atomic mass is 10.2. The first-order valence-electron chi connectivity index (χ1n) is 7.83. The summed E-state index contributed by atoms with van der Waals surface area (Å²) in [6, 6.07) is 12.9. The van der Waals surface area contributed by atoms with Gasteiger partial charge in [-0.1, -0.05) is 0 Å². The highest BCUT2D eigenvalue weighted by Crippen LogP contribution is 2.24. The fourth-order valence-electron chi connectivity index (χ4n) is 2.34. The Morgan fingerprint density at radius 2 is 1.78 bits per heavy atom. The second kappa shape index (κ2) is 7.57. The van der Waals surface area contributed by atoms with Crippen molar-refractivity contribution in [3.05, 3.63) is 77.8 Å². The van der Waals surface area contributed by atoms with E-state index in [2.05, 4.69) is 5.32 Å². The molecule has 1 aromatic heterocycles. The van der Waals surface area contributed by atoms with Crippen molar-refractivity contribution in [1.82, 2.24) is 0 Å².